The zero-order chi connectivity index (χ0) is 17.2. The lowest BCUT2D eigenvalue weighted by Crippen LogP contribution is -2.48. The Labute approximate surface area is 139 Å². The lowest BCUT2D eigenvalue weighted by Gasteiger charge is -2.33. The molecule has 1 aliphatic rings. The predicted octanol–water partition coefficient (Wildman–Crippen LogP) is 1.87. The maximum absolute atomic E-state index is 13.3. The predicted molar refractivity (Wildman–Crippen MR) is 84.6 cm³/mol. The van der Waals surface area contributed by atoms with Crippen LogP contribution in [0.15, 0.2) is 47.5 Å². The first-order chi connectivity index (χ1) is 11.4. The molecule has 2 heterocycles. The number of piperazine rings is 1. The third-order valence-electron chi connectivity index (χ3n) is 3.92. The van der Waals surface area contributed by atoms with Crippen molar-refractivity contribution in [1.29, 1.82) is 0 Å². The maximum Gasteiger partial charge on any atom is 0.243 e. The number of hydrogen-bond acceptors (Lipinski definition) is 4. The van der Waals surface area contributed by atoms with Crippen molar-refractivity contribution in [3.8, 4) is 0 Å². The molecule has 1 aromatic carbocycles. The van der Waals surface area contributed by atoms with Crippen molar-refractivity contribution in [3.63, 3.8) is 0 Å². The Kier molecular flexibility index (Phi) is 4.88. The molecule has 0 aliphatic carbocycles. The second-order valence-corrected chi connectivity index (χ2v) is 7.54. The van der Waals surface area contributed by atoms with Gasteiger partial charge in [0.05, 0.1) is 10.6 Å². The van der Waals surface area contributed by atoms with E-state index in [0.717, 1.165) is 17.8 Å². The van der Waals surface area contributed by atoms with Gasteiger partial charge in [0.1, 0.15) is 11.6 Å². The van der Waals surface area contributed by atoms with E-state index in [-0.39, 0.29) is 18.0 Å². The lowest BCUT2D eigenvalue weighted by molar-refractivity contribution is 0.180. The molecule has 1 saturated heterocycles. The molecule has 5 nitrogen and oxygen atoms in total. The van der Waals surface area contributed by atoms with Crippen molar-refractivity contribution in [1.82, 2.24) is 14.2 Å². The van der Waals surface area contributed by atoms with Crippen LogP contribution in [0, 0.1) is 11.6 Å². The van der Waals surface area contributed by atoms with Crippen LogP contribution in [0.1, 0.15) is 5.69 Å². The number of pyridine rings is 1. The van der Waals surface area contributed by atoms with Crippen molar-refractivity contribution in [2.24, 2.45) is 0 Å². The molecule has 3 rings (SSSR count). The summed E-state index contributed by atoms with van der Waals surface area (Å²) in [5.74, 6) is -1.80. The molecule has 8 heteroatoms. The van der Waals surface area contributed by atoms with Crippen molar-refractivity contribution >= 4 is 10.0 Å². The van der Waals surface area contributed by atoms with Crippen LogP contribution in [0.5, 0.6) is 0 Å². The molecule has 24 heavy (non-hydrogen) atoms. The monoisotopic (exact) mass is 353 g/mol. The summed E-state index contributed by atoms with van der Waals surface area (Å²) >= 11 is 0. The number of nitrogens with zero attached hydrogens (tertiary/aromatic N) is 3. The van der Waals surface area contributed by atoms with Gasteiger partial charge in [0.2, 0.25) is 10.0 Å². The summed E-state index contributed by atoms with van der Waals surface area (Å²) in [6, 6.07) is 8.01. The summed E-state index contributed by atoms with van der Waals surface area (Å²) in [7, 11) is -3.89. The zero-order valence-corrected chi connectivity index (χ0v) is 13.7. The Balaban J connectivity index is 1.67. The highest BCUT2D eigenvalue weighted by molar-refractivity contribution is 7.89. The van der Waals surface area contributed by atoms with Gasteiger partial charge in [0, 0.05) is 45.0 Å². The molecule has 0 spiro atoms. The van der Waals surface area contributed by atoms with Crippen molar-refractivity contribution < 1.29 is 17.2 Å². The Morgan fingerprint density at radius 2 is 1.67 bits per heavy atom. The highest BCUT2D eigenvalue weighted by Crippen LogP contribution is 2.20. The topological polar surface area (TPSA) is 53.5 Å². The van der Waals surface area contributed by atoms with Gasteiger partial charge in [0.15, 0.2) is 0 Å². The molecule has 0 atom stereocenters. The summed E-state index contributed by atoms with van der Waals surface area (Å²) in [5.41, 5.74) is 0.918. The Hall–Kier alpha value is -1.90. The largest absolute Gasteiger partial charge is 0.295 e. The van der Waals surface area contributed by atoms with Gasteiger partial charge in [-0.2, -0.15) is 4.31 Å². The van der Waals surface area contributed by atoms with E-state index in [1.165, 1.54) is 4.31 Å². The van der Waals surface area contributed by atoms with E-state index < -0.39 is 21.7 Å². The van der Waals surface area contributed by atoms with E-state index in [4.69, 9.17) is 0 Å². The SMILES string of the molecule is O=S(=O)(c1cc(F)cc(F)c1)N1CCN(Cc2ccccn2)CC1. The molecule has 0 N–H and O–H groups in total. The molecule has 1 aromatic heterocycles. The van der Waals surface area contributed by atoms with Crippen LogP contribution in [0.25, 0.3) is 0 Å². The third-order valence-corrected chi connectivity index (χ3v) is 5.79. The number of hydrogen-bond donors (Lipinski definition) is 0. The standard InChI is InChI=1S/C16H17F2N3O2S/c17-13-9-14(18)11-16(10-13)24(22,23)21-7-5-20(6-8-21)12-15-3-1-2-4-19-15/h1-4,9-11H,5-8,12H2. The molecule has 2 aromatic rings. The van der Waals surface area contributed by atoms with Gasteiger partial charge >= 0.3 is 0 Å². The first-order valence-corrected chi connectivity index (χ1v) is 8.98. The van der Waals surface area contributed by atoms with Gasteiger partial charge in [-0.05, 0) is 24.3 Å². The van der Waals surface area contributed by atoms with Crippen LogP contribution in [0.4, 0.5) is 8.78 Å². The lowest BCUT2D eigenvalue weighted by atomic mass is 10.3. The second-order valence-electron chi connectivity index (χ2n) is 5.61. The quantitative estimate of drug-likeness (QED) is 0.842. The fourth-order valence-electron chi connectivity index (χ4n) is 2.68. The molecular formula is C16H17F2N3O2S. The minimum Gasteiger partial charge on any atom is -0.295 e. The highest BCUT2D eigenvalue weighted by atomic mass is 32.2. The van der Waals surface area contributed by atoms with Gasteiger partial charge in [0.25, 0.3) is 0 Å². The van der Waals surface area contributed by atoms with E-state index in [1.807, 2.05) is 18.2 Å². The molecule has 0 bridgehead atoms. The normalized spacial score (nSPS) is 17.1. The third kappa shape index (κ3) is 3.77. The smallest absolute Gasteiger partial charge is 0.243 e. The van der Waals surface area contributed by atoms with Crippen LogP contribution >= 0.6 is 0 Å². The van der Waals surface area contributed by atoms with E-state index in [2.05, 4.69) is 9.88 Å². The van der Waals surface area contributed by atoms with Crippen molar-refractivity contribution in [3.05, 3.63) is 59.9 Å². The summed E-state index contributed by atoms with van der Waals surface area (Å²) < 4.78 is 52.9. The molecule has 0 saturated carbocycles. The van der Waals surface area contributed by atoms with Gasteiger partial charge in [-0.15, -0.1) is 0 Å². The maximum atomic E-state index is 13.3. The Morgan fingerprint density at radius 3 is 2.25 bits per heavy atom. The molecule has 1 fully saturated rings. The van der Waals surface area contributed by atoms with E-state index in [0.29, 0.717) is 25.7 Å². The number of sulfonamides is 1. The Bertz CT molecular complexity index is 787. The number of aromatic nitrogens is 1. The molecule has 1 aliphatic heterocycles. The van der Waals surface area contributed by atoms with Crippen LogP contribution < -0.4 is 0 Å². The fraction of sp³-hybridized carbons (Fsp3) is 0.312. The molecule has 0 unspecified atom stereocenters. The number of benzene rings is 1. The number of halogens is 2. The average molecular weight is 353 g/mol. The fourth-order valence-corrected chi connectivity index (χ4v) is 4.14. The van der Waals surface area contributed by atoms with Crippen LogP contribution in [0.3, 0.4) is 0 Å². The first kappa shape index (κ1) is 16.9. The van der Waals surface area contributed by atoms with Crippen LogP contribution in [-0.2, 0) is 16.6 Å². The van der Waals surface area contributed by atoms with Crippen LogP contribution in [0.2, 0.25) is 0 Å². The van der Waals surface area contributed by atoms with Gasteiger partial charge < -0.3 is 0 Å². The average Bonchev–Trinajstić information content (AvgIpc) is 2.55. The molecule has 0 amide bonds. The first-order valence-electron chi connectivity index (χ1n) is 7.54. The highest BCUT2D eigenvalue weighted by Gasteiger charge is 2.29. The molecule has 0 radical (unpaired) electrons. The zero-order valence-electron chi connectivity index (χ0n) is 12.9. The van der Waals surface area contributed by atoms with Crippen LogP contribution in [-0.4, -0.2) is 48.8 Å². The second kappa shape index (κ2) is 6.92. The summed E-state index contributed by atoms with van der Waals surface area (Å²) in [6.45, 7) is 2.26. The summed E-state index contributed by atoms with van der Waals surface area (Å²) in [6.07, 6.45) is 1.72. The molecule has 128 valence electrons. The minimum atomic E-state index is -3.89. The summed E-state index contributed by atoms with van der Waals surface area (Å²) in [4.78, 5) is 6.00. The minimum absolute atomic E-state index is 0.271. The summed E-state index contributed by atoms with van der Waals surface area (Å²) in [5, 5.41) is 0. The van der Waals surface area contributed by atoms with E-state index in [9.17, 15) is 17.2 Å². The van der Waals surface area contributed by atoms with E-state index >= 15 is 0 Å². The van der Waals surface area contributed by atoms with Gasteiger partial charge in [-0.25, -0.2) is 17.2 Å². The van der Waals surface area contributed by atoms with Crippen molar-refractivity contribution in [2.75, 3.05) is 26.2 Å². The van der Waals surface area contributed by atoms with E-state index in [1.54, 1.807) is 6.20 Å². The Morgan fingerprint density at radius 1 is 1.00 bits per heavy atom. The number of rotatable bonds is 4. The van der Waals surface area contributed by atoms with Gasteiger partial charge in [-0.1, -0.05) is 6.07 Å². The van der Waals surface area contributed by atoms with Gasteiger partial charge in [-0.3, -0.25) is 9.88 Å². The molecular weight excluding hydrogens is 336 g/mol. The van der Waals surface area contributed by atoms with Crippen molar-refractivity contribution in [2.45, 2.75) is 11.4 Å².